The quantitative estimate of drug-likeness (QED) is 0.825. The molecule has 0 bridgehead atoms. The molecule has 2 rings (SSSR count). The number of anilines is 1. The van der Waals surface area contributed by atoms with Gasteiger partial charge in [0.2, 0.25) is 0 Å². The van der Waals surface area contributed by atoms with Crippen LogP contribution in [-0.2, 0) is 4.74 Å². The molecule has 4 heteroatoms. The van der Waals surface area contributed by atoms with Crippen LogP contribution in [0.3, 0.4) is 0 Å². The van der Waals surface area contributed by atoms with Gasteiger partial charge >= 0.3 is 6.09 Å². The Balaban J connectivity index is 2.37. The number of carbonyl (C=O) groups excluding carboxylic acids is 2. The van der Waals surface area contributed by atoms with Gasteiger partial charge in [0.15, 0.2) is 5.78 Å². The average molecular weight is 275 g/mol. The van der Waals surface area contributed by atoms with Crippen molar-refractivity contribution in [3.63, 3.8) is 0 Å². The predicted molar refractivity (Wildman–Crippen MR) is 78.2 cm³/mol. The lowest BCUT2D eigenvalue weighted by atomic mass is 10.1. The minimum absolute atomic E-state index is 0.00769. The lowest BCUT2D eigenvalue weighted by molar-refractivity contribution is 0.0559. The van der Waals surface area contributed by atoms with Crippen LogP contribution in [-0.4, -0.2) is 23.5 Å². The molecule has 0 N–H and O–H groups in total. The maximum absolute atomic E-state index is 12.4. The van der Waals surface area contributed by atoms with Crippen LogP contribution in [0, 0.1) is 0 Å². The highest BCUT2D eigenvalue weighted by Crippen LogP contribution is 2.34. The number of ketones is 1. The van der Waals surface area contributed by atoms with E-state index in [9.17, 15) is 9.59 Å². The minimum atomic E-state index is -0.575. The Morgan fingerprint density at radius 1 is 1.30 bits per heavy atom. The molecule has 1 aliphatic heterocycles. The molecule has 1 atom stereocenters. The molecule has 1 aromatic carbocycles. The van der Waals surface area contributed by atoms with Gasteiger partial charge in [0, 0.05) is 5.56 Å². The summed E-state index contributed by atoms with van der Waals surface area (Å²) >= 11 is 0. The van der Waals surface area contributed by atoms with Gasteiger partial charge in [-0.25, -0.2) is 4.79 Å². The molecule has 0 saturated heterocycles. The SMILES string of the molecule is CCCC1C(=O)c2ccccc2N1C(=O)OC(C)(C)C. The normalized spacial score (nSPS) is 18.1. The van der Waals surface area contributed by atoms with Crippen molar-refractivity contribution in [2.24, 2.45) is 0 Å². The van der Waals surface area contributed by atoms with Crippen LogP contribution in [0.1, 0.15) is 50.9 Å². The molecule has 20 heavy (non-hydrogen) atoms. The van der Waals surface area contributed by atoms with E-state index in [-0.39, 0.29) is 5.78 Å². The van der Waals surface area contributed by atoms with Gasteiger partial charge < -0.3 is 4.74 Å². The fourth-order valence-corrected chi connectivity index (χ4v) is 2.43. The second kappa shape index (κ2) is 5.27. The second-order valence-corrected chi connectivity index (χ2v) is 6.04. The molecule has 0 saturated carbocycles. The van der Waals surface area contributed by atoms with Crippen LogP contribution in [0.25, 0.3) is 0 Å². The van der Waals surface area contributed by atoms with Crippen LogP contribution in [0.15, 0.2) is 24.3 Å². The Morgan fingerprint density at radius 2 is 1.95 bits per heavy atom. The van der Waals surface area contributed by atoms with Gasteiger partial charge in [-0.05, 0) is 39.3 Å². The van der Waals surface area contributed by atoms with Crippen molar-refractivity contribution < 1.29 is 14.3 Å². The fraction of sp³-hybridized carbons (Fsp3) is 0.500. The van der Waals surface area contributed by atoms with Gasteiger partial charge in [0.05, 0.1) is 5.69 Å². The third-order valence-electron chi connectivity index (χ3n) is 3.20. The Kier molecular flexibility index (Phi) is 3.84. The highest BCUT2D eigenvalue weighted by Gasteiger charge is 2.41. The van der Waals surface area contributed by atoms with Crippen molar-refractivity contribution in [1.29, 1.82) is 0 Å². The van der Waals surface area contributed by atoms with Gasteiger partial charge in [-0.15, -0.1) is 0 Å². The lowest BCUT2D eigenvalue weighted by Crippen LogP contribution is -2.43. The van der Waals surface area contributed by atoms with Crippen molar-refractivity contribution in [3.8, 4) is 0 Å². The van der Waals surface area contributed by atoms with Gasteiger partial charge in [-0.3, -0.25) is 9.69 Å². The number of fused-ring (bicyclic) bond motifs is 1. The van der Waals surface area contributed by atoms with Crippen molar-refractivity contribution >= 4 is 17.6 Å². The highest BCUT2D eigenvalue weighted by atomic mass is 16.6. The zero-order valence-corrected chi connectivity index (χ0v) is 12.5. The van der Waals surface area contributed by atoms with E-state index in [0.29, 0.717) is 17.7 Å². The standard InChI is InChI=1S/C16H21NO3/c1-5-8-13-14(18)11-9-6-7-10-12(11)17(13)15(19)20-16(2,3)4/h6-7,9-10,13H,5,8H2,1-4H3. The third kappa shape index (κ3) is 2.69. The Morgan fingerprint density at radius 3 is 2.55 bits per heavy atom. The summed E-state index contributed by atoms with van der Waals surface area (Å²) in [6.07, 6.45) is 1.03. The first-order chi connectivity index (χ1) is 9.35. The van der Waals surface area contributed by atoms with Gasteiger partial charge in [-0.1, -0.05) is 25.5 Å². The molecule has 1 heterocycles. The topological polar surface area (TPSA) is 46.6 Å². The summed E-state index contributed by atoms with van der Waals surface area (Å²) in [5.74, 6) is 0.00769. The zero-order chi connectivity index (χ0) is 14.9. The molecule has 1 aromatic rings. The summed E-state index contributed by atoms with van der Waals surface area (Å²) in [4.78, 5) is 26.3. The van der Waals surface area contributed by atoms with Crippen LogP contribution >= 0.6 is 0 Å². The van der Waals surface area contributed by atoms with Crippen molar-refractivity contribution in [3.05, 3.63) is 29.8 Å². The van der Waals surface area contributed by atoms with Gasteiger partial charge in [0.1, 0.15) is 11.6 Å². The number of ether oxygens (including phenoxy) is 1. The zero-order valence-electron chi connectivity index (χ0n) is 12.5. The lowest BCUT2D eigenvalue weighted by Gasteiger charge is -2.28. The number of hydrogen-bond acceptors (Lipinski definition) is 3. The van der Waals surface area contributed by atoms with Crippen LogP contribution < -0.4 is 4.90 Å². The first-order valence-electron chi connectivity index (χ1n) is 7.00. The van der Waals surface area contributed by atoms with E-state index in [4.69, 9.17) is 4.74 Å². The Bertz CT molecular complexity index is 531. The summed E-state index contributed by atoms with van der Waals surface area (Å²) in [5.41, 5.74) is 0.691. The number of para-hydroxylation sites is 1. The number of nitrogens with zero attached hydrogens (tertiary/aromatic N) is 1. The Hall–Kier alpha value is -1.84. The van der Waals surface area contributed by atoms with Crippen LogP contribution in [0.2, 0.25) is 0 Å². The van der Waals surface area contributed by atoms with Crippen molar-refractivity contribution in [2.45, 2.75) is 52.2 Å². The largest absolute Gasteiger partial charge is 0.443 e. The molecule has 1 amide bonds. The third-order valence-corrected chi connectivity index (χ3v) is 3.20. The molecule has 0 spiro atoms. The number of hydrogen-bond donors (Lipinski definition) is 0. The molecule has 1 unspecified atom stereocenters. The van der Waals surface area contributed by atoms with Crippen molar-refractivity contribution in [2.75, 3.05) is 4.90 Å². The fourth-order valence-electron chi connectivity index (χ4n) is 2.43. The van der Waals surface area contributed by atoms with E-state index in [0.717, 1.165) is 6.42 Å². The maximum atomic E-state index is 12.4. The van der Waals surface area contributed by atoms with Crippen LogP contribution in [0.5, 0.6) is 0 Å². The summed E-state index contributed by atoms with van der Waals surface area (Å²) in [6.45, 7) is 7.47. The minimum Gasteiger partial charge on any atom is -0.443 e. The molecular formula is C16H21NO3. The van der Waals surface area contributed by atoms with Gasteiger partial charge in [-0.2, -0.15) is 0 Å². The summed E-state index contributed by atoms with van der Waals surface area (Å²) in [7, 11) is 0. The first kappa shape index (κ1) is 14.6. The molecular weight excluding hydrogens is 254 g/mol. The predicted octanol–water partition coefficient (Wildman–Crippen LogP) is 3.79. The number of Topliss-reactive ketones (excluding diaryl/α,β-unsaturated/α-hetero) is 1. The monoisotopic (exact) mass is 275 g/mol. The van der Waals surface area contributed by atoms with E-state index in [1.54, 1.807) is 12.1 Å². The van der Waals surface area contributed by atoms with Crippen molar-refractivity contribution in [1.82, 2.24) is 0 Å². The van der Waals surface area contributed by atoms with E-state index in [1.807, 2.05) is 39.8 Å². The maximum Gasteiger partial charge on any atom is 0.415 e. The van der Waals surface area contributed by atoms with Gasteiger partial charge in [0.25, 0.3) is 0 Å². The molecule has 0 radical (unpaired) electrons. The molecule has 0 fully saturated rings. The Labute approximate surface area is 119 Å². The number of carbonyl (C=O) groups is 2. The number of amides is 1. The second-order valence-electron chi connectivity index (χ2n) is 6.04. The molecule has 0 aliphatic carbocycles. The molecule has 108 valence electrons. The van der Waals surface area contributed by atoms with E-state index >= 15 is 0 Å². The number of benzene rings is 1. The van der Waals surface area contributed by atoms with E-state index in [2.05, 4.69) is 0 Å². The highest BCUT2D eigenvalue weighted by molar-refractivity contribution is 6.16. The summed E-state index contributed by atoms with van der Waals surface area (Å²) in [5, 5.41) is 0. The smallest absolute Gasteiger partial charge is 0.415 e. The molecule has 1 aliphatic rings. The molecule has 4 nitrogen and oxygen atoms in total. The van der Waals surface area contributed by atoms with Crippen LogP contribution in [0.4, 0.5) is 10.5 Å². The average Bonchev–Trinajstić information content (AvgIpc) is 2.62. The first-order valence-corrected chi connectivity index (χ1v) is 7.00. The van der Waals surface area contributed by atoms with E-state index in [1.165, 1.54) is 4.90 Å². The number of rotatable bonds is 2. The summed E-state index contributed by atoms with van der Waals surface area (Å²) < 4.78 is 5.44. The van der Waals surface area contributed by atoms with E-state index < -0.39 is 17.7 Å². The summed E-state index contributed by atoms with van der Waals surface area (Å²) in [6, 6.07) is 6.78. The molecule has 0 aromatic heterocycles.